The minimum absolute atomic E-state index is 0. The van der Waals surface area contributed by atoms with Crippen LogP contribution in [0.1, 0.15) is 99.9 Å². The van der Waals surface area contributed by atoms with Crippen molar-refractivity contribution in [3.63, 3.8) is 0 Å². The zero-order valence-corrected chi connectivity index (χ0v) is 11.2. The van der Waals surface area contributed by atoms with Crippen molar-refractivity contribution in [3.8, 4) is 0 Å². The Labute approximate surface area is 144 Å². The van der Waals surface area contributed by atoms with Gasteiger partial charge in [-0.1, -0.05) is 72.3 Å². The molecule has 0 atom stereocenters. The van der Waals surface area contributed by atoms with E-state index in [2.05, 4.69) is 13.8 Å². The fraction of sp³-hybridized carbons (Fsp3) is 1.00. The Morgan fingerprint density at radius 3 is 0.737 bits per heavy atom. The van der Waals surface area contributed by atoms with Crippen molar-refractivity contribution in [2.75, 3.05) is 0 Å². The molecule has 19 heavy (non-hydrogen) atoms. The lowest BCUT2D eigenvalue weighted by molar-refractivity contribution is 0.995. The Morgan fingerprint density at radius 1 is 0.737 bits per heavy atom. The van der Waals surface area contributed by atoms with E-state index in [0.717, 1.165) is 0 Å². The SMILES string of the molecule is C.C.C.C.C.C.C.CC(C)(Cl)Cl.CC(C)Cl.CCC. The number of rotatable bonds is 0. The van der Waals surface area contributed by atoms with E-state index in [4.69, 9.17) is 34.8 Å². The first kappa shape index (κ1) is 72.6. The number of hydrogen-bond donors (Lipinski definition) is 0. The Hall–Kier alpha value is 0.870. The molecule has 0 N–H and O–H groups in total. The van der Waals surface area contributed by atoms with Gasteiger partial charge in [0.25, 0.3) is 0 Å². The van der Waals surface area contributed by atoms with E-state index in [0.29, 0.717) is 5.38 Å². The fourth-order valence-corrected chi connectivity index (χ4v) is 0. The first-order chi connectivity index (χ1) is 5.15. The van der Waals surface area contributed by atoms with Crippen molar-refractivity contribution in [1.82, 2.24) is 0 Å². The highest BCUT2D eigenvalue weighted by molar-refractivity contribution is 6.47. The maximum atomic E-state index is 5.30. The van der Waals surface area contributed by atoms with Crippen LogP contribution in [-0.2, 0) is 0 Å². The summed E-state index contributed by atoms with van der Waals surface area (Å²) in [6.45, 7) is 11.6. The van der Waals surface area contributed by atoms with Gasteiger partial charge >= 0.3 is 0 Å². The van der Waals surface area contributed by atoms with E-state index in [-0.39, 0.29) is 52.0 Å². The third-order valence-electron chi connectivity index (χ3n) is 0. The number of alkyl halides is 3. The second kappa shape index (κ2) is 51.0. The summed E-state index contributed by atoms with van der Waals surface area (Å²) < 4.78 is -0.556. The molecule has 0 fully saturated rings. The summed E-state index contributed by atoms with van der Waals surface area (Å²) in [5, 5.41) is 0.306. The van der Waals surface area contributed by atoms with Gasteiger partial charge in [-0.25, -0.2) is 0 Å². The van der Waals surface area contributed by atoms with Gasteiger partial charge in [0.2, 0.25) is 0 Å². The lowest BCUT2D eigenvalue weighted by Crippen LogP contribution is -1.93. The first-order valence-corrected chi connectivity index (χ1v) is 5.36. The average molecular weight is 348 g/mol. The Kier molecular flexibility index (Phi) is 195. The minimum atomic E-state index is -0.556. The van der Waals surface area contributed by atoms with Crippen molar-refractivity contribution in [1.29, 1.82) is 0 Å². The van der Waals surface area contributed by atoms with Crippen LogP contribution in [0.4, 0.5) is 0 Å². The molecule has 0 saturated carbocycles. The first-order valence-electron chi connectivity index (χ1n) is 4.17. The molecule has 0 aromatic heterocycles. The number of halogens is 3. The van der Waals surface area contributed by atoms with Crippen LogP contribution in [0.5, 0.6) is 0 Å². The fourth-order valence-electron chi connectivity index (χ4n) is 0. The molecule has 0 unspecified atom stereocenters. The zero-order chi connectivity index (χ0) is 10.8. The third-order valence-corrected chi connectivity index (χ3v) is 0. The van der Waals surface area contributed by atoms with Crippen LogP contribution in [0.15, 0.2) is 0 Å². The van der Waals surface area contributed by atoms with Crippen molar-refractivity contribution in [3.05, 3.63) is 0 Å². The molecule has 0 radical (unpaired) electrons. The molecule has 0 rings (SSSR count). The van der Waals surface area contributed by atoms with Gasteiger partial charge in [-0.15, -0.1) is 34.8 Å². The molecule has 0 saturated heterocycles. The highest BCUT2D eigenvalue weighted by atomic mass is 35.5. The summed E-state index contributed by atoms with van der Waals surface area (Å²) in [6.07, 6.45) is 1.25. The molecule has 0 amide bonds. The lowest BCUT2D eigenvalue weighted by Gasteiger charge is -1.98. The number of hydrogen-bond acceptors (Lipinski definition) is 0. The molecule has 0 aromatic carbocycles. The van der Waals surface area contributed by atoms with Gasteiger partial charge in [-0.05, 0) is 27.7 Å². The average Bonchev–Trinajstić information content (AvgIpc) is 1.56. The van der Waals surface area contributed by atoms with E-state index in [1.807, 2.05) is 13.8 Å². The predicted molar refractivity (Wildman–Crippen MR) is 110 cm³/mol. The summed E-state index contributed by atoms with van der Waals surface area (Å²) in [5.74, 6) is 0. The highest BCUT2D eigenvalue weighted by Gasteiger charge is 2.03. The van der Waals surface area contributed by atoms with E-state index < -0.39 is 4.33 Å². The van der Waals surface area contributed by atoms with Crippen LogP contribution in [0, 0.1) is 0 Å². The quantitative estimate of drug-likeness (QED) is 0.382. The molecule has 0 aliphatic carbocycles. The Morgan fingerprint density at radius 2 is 0.737 bits per heavy atom. The van der Waals surface area contributed by atoms with Crippen LogP contribution in [0.25, 0.3) is 0 Å². The van der Waals surface area contributed by atoms with Crippen LogP contribution in [-0.4, -0.2) is 9.71 Å². The molecule has 0 bridgehead atoms. The van der Waals surface area contributed by atoms with Crippen molar-refractivity contribution >= 4 is 34.8 Å². The van der Waals surface area contributed by atoms with Crippen molar-refractivity contribution in [2.24, 2.45) is 0 Å². The van der Waals surface area contributed by atoms with Crippen molar-refractivity contribution < 1.29 is 0 Å². The molecular formula is C16H49Cl3. The van der Waals surface area contributed by atoms with E-state index in [1.54, 1.807) is 13.8 Å². The van der Waals surface area contributed by atoms with Crippen LogP contribution in [0.3, 0.4) is 0 Å². The normalized spacial score (nSPS) is 6.00. The zero-order valence-electron chi connectivity index (χ0n) is 8.92. The Balaban J connectivity index is -0.00000000687. The lowest BCUT2D eigenvalue weighted by atomic mass is 10.6. The summed E-state index contributed by atoms with van der Waals surface area (Å²) in [5.41, 5.74) is 0. The van der Waals surface area contributed by atoms with E-state index in [9.17, 15) is 0 Å². The largest absolute Gasteiger partial charge is 0.124 e. The van der Waals surface area contributed by atoms with Gasteiger partial charge in [0.1, 0.15) is 4.33 Å². The molecule has 0 spiro atoms. The molecule has 0 heterocycles. The van der Waals surface area contributed by atoms with Gasteiger partial charge < -0.3 is 0 Å². The molecule has 134 valence electrons. The summed E-state index contributed by atoms with van der Waals surface area (Å²) in [7, 11) is 0. The maximum Gasteiger partial charge on any atom is 0.112 e. The molecule has 0 nitrogen and oxygen atoms in total. The van der Waals surface area contributed by atoms with Crippen LogP contribution < -0.4 is 0 Å². The minimum Gasteiger partial charge on any atom is -0.124 e. The second-order valence-electron chi connectivity index (χ2n) is 3.05. The second-order valence-corrected chi connectivity index (χ2v) is 6.00. The van der Waals surface area contributed by atoms with Gasteiger partial charge in [-0.2, -0.15) is 0 Å². The molecular weight excluding hydrogens is 299 g/mol. The standard InChI is InChI=1S/C3H6Cl2.C3H7Cl.C3H8.7CH4/c1-3(2,4)5;1-3(2)4;1-3-2;;;;;;;/h1-2H3;3H,1-2H3;3H2,1-2H3;7*1H4. The molecule has 0 aliphatic rings. The third kappa shape index (κ3) is 7100. The summed E-state index contributed by atoms with van der Waals surface area (Å²) in [4.78, 5) is 0. The Bertz CT molecular complexity index is 58.1. The van der Waals surface area contributed by atoms with E-state index in [1.165, 1.54) is 6.42 Å². The maximum absolute atomic E-state index is 5.30. The van der Waals surface area contributed by atoms with Crippen LogP contribution >= 0.6 is 34.8 Å². The van der Waals surface area contributed by atoms with Gasteiger partial charge in [0.15, 0.2) is 0 Å². The predicted octanol–water partition coefficient (Wildman–Crippen LogP) is 9.70. The van der Waals surface area contributed by atoms with Gasteiger partial charge in [0.05, 0.1) is 0 Å². The highest BCUT2D eigenvalue weighted by Crippen LogP contribution is 2.16. The summed E-state index contributed by atoms with van der Waals surface area (Å²) in [6, 6.07) is 0. The van der Waals surface area contributed by atoms with E-state index >= 15 is 0 Å². The van der Waals surface area contributed by atoms with Crippen LogP contribution in [0.2, 0.25) is 0 Å². The molecule has 3 heteroatoms. The smallest absolute Gasteiger partial charge is 0.112 e. The molecule has 0 aromatic rings. The topological polar surface area (TPSA) is 0 Å². The van der Waals surface area contributed by atoms with Gasteiger partial charge in [-0.3, -0.25) is 0 Å². The molecule has 0 aliphatic heterocycles. The van der Waals surface area contributed by atoms with Gasteiger partial charge in [0, 0.05) is 5.38 Å². The summed E-state index contributed by atoms with van der Waals surface area (Å²) >= 11 is 15.9. The van der Waals surface area contributed by atoms with Crippen molar-refractivity contribution in [2.45, 2.75) is 110 Å². The monoisotopic (exact) mass is 346 g/mol.